The smallest absolute Gasteiger partial charge is 0.344 e. The molecule has 0 aliphatic rings. The van der Waals surface area contributed by atoms with E-state index in [9.17, 15) is 9.18 Å². The predicted octanol–water partition coefficient (Wildman–Crippen LogP) is 2.07. The van der Waals surface area contributed by atoms with E-state index in [0.29, 0.717) is 6.42 Å². The summed E-state index contributed by atoms with van der Waals surface area (Å²) in [5, 5.41) is 0. The van der Waals surface area contributed by atoms with Gasteiger partial charge in [-0.3, -0.25) is 0 Å². The van der Waals surface area contributed by atoms with Crippen molar-refractivity contribution in [1.29, 1.82) is 0 Å². The highest BCUT2D eigenvalue weighted by Gasteiger charge is 2.02. The lowest BCUT2D eigenvalue weighted by molar-refractivity contribution is -0.146. The van der Waals surface area contributed by atoms with Crippen molar-refractivity contribution >= 4 is 5.97 Å². The second kappa shape index (κ2) is 6.61. The van der Waals surface area contributed by atoms with Crippen molar-refractivity contribution in [1.82, 2.24) is 0 Å². The summed E-state index contributed by atoms with van der Waals surface area (Å²) in [5.41, 5.74) is 0.916. The largest absolute Gasteiger partial charge is 0.490 e. The molecule has 0 aromatic heterocycles. The zero-order valence-corrected chi connectivity index (χ0v) is 8.82. The minimum absolute atomic E-state index is 0.132. The Labute approximate surface area is 93.5 Å². The molecule has 0 atom stereocenters. The van der Waals surface area contributed by atoms with Crippen molar-refractivity contribution in [2.45, 2.75) is 6.42 Å². The molecule has 0 fully saturated rings. The Hall–Kier alpha value is -1.84. The minimum Gasteiger partial charge on any atom is -0.490 e. The van der Waals surface area contributed by atoms with E-state index >= 15 is 0 Å². The molecule has 0 spiro atoms. The van der Waals surface area contributed by atoms with E-state index in [1.807, 2.05) is 0 Å². The lowest BCUT2D eigenvalue weighted by atomic mass is 10.2. The monoisotopic (exact) mass is 224 g/mol. The number of ether oxygens (including phenoxy) is 2. The van der Waals surface area contributed by atoms with Gasteiger partial charge in [-0.25, -0.2) is 9.18 Å². The number of esters is 1. The zero-order chi connectivity index (χ0) is 11.8. The predicted molar refractivity (Wildman–Crippen MR) is 57.2 cm³/mol. The Morgan fingerprint density at radius 3 is 2.69 bits per heavy atom. The molecule has 1 aromatic rings. The van der Waals surface area contributed by atoms with Crippen molar-refractivity contribution in [3.05, 3.63) is 48.5 Å². The highest BCUT2D eigenvalue weighted by molar-refractivity contribution is 5.70. The summed E-state index contributed by atoms with van der Waals surface area (Å²) in [6.07, 6.45) is 1.74. The van der Waals surface area contributed by atoms with Crippen LogP contribution >= 0.6 is 0 Å². The van der Waals surface area contributed by atoms with E-state index < -0.39 is 5.97 Å². The highest BCUT2D eigenvalue weighted by Crippen LogP contribution is 2.03. The molecule has 4 heteroatoms. The van der Waals surface area contributed by atoms with E-state index in [0.717, 1.165) is 5.56 Å². The van der Waals surface area contributed by atoms with Crippen molar-refractivity contribution in [2.75, 3.05) is 13.2 Å². The van der Waals surface area contributed by atoms with Gasteiger partial charge in [-0.05, 0) is 17.7 Å². The van der Waals surface area contributed by atoms with Gasteiger partial charge < -0.3 is 9.47 Å². The molecule has 0 unspecified atom stereocenters. The molecule has 0 aliphatic carbocycles. The third kappa shape index (κ3) is 4.59. The summed E-state index contributed by atoms with van der Waals surface area (Å²) in [4.78, 5) is 11.0. The molecule has 0 amide bonds. The first kappa shape index (κ1) is 12.2. The van der Waals surface area contributed by atoms with Crippen LogP contribution in [0, 0.1) is 5.82 Å². The maximum Gasteiger partial charge on any atom is 0.344 e. The van der Waals surface area contributed by atoms with Crippen molar-refractivity contribution in [2.24, 2.45) is 0 Å². The zero-order valence-electron chi connectivity index (χ0n) is 8.82. The summed E-state index contributed by atoms with van der Waals surface area (Å²) in [7, 11) is 0. The molecular weight excluding hydrogens is 211 g/mol. The molecule has 0 saturated carbocycles. The van der Waals surface area contributed by atoms with Crippen LogP contribution in [0.15, 0.2) is 37.1 Å². The fraction of sp³-hybridized carbons (Fsp3) is 0.250. The number of carbonyl (C=O) groups excluding carboxylic acids is 1. The quantitative estimate of drug-likeness (QED) is 0.548. The first-order valence-corrected chi connectivity index (χ1v) is 4.85. The Balaban J connectivity index is 2.22. The van der Waals surface area contributed by atoms with Gasteiger partial charge in [-0.1, -0.05) is 18.7 Å². The summed E-state index contributed by atoms with van der Waals surface area (Å²) < 4.78 is 22.1. The number of rotatable bonds is 6. The normalized spacial score (nSPS) is 9.56. The number of halogens is 1. The molecule has 3 nitrogen and oxygen atoms in total. The summed E-state index contributed by atoms with van der Waals surface area (Å²) in [6, 6.07) is 6.06. The molecule has 16 heavy (non-hydrogen) atoms. The van der Waals surface area contributed by atoms with Crippen LogP contribution in [-0.2, 0) is 20.7 Å². The second-order valence-corrected chi connectivity index (χ2v) is 3.07. The van der Waals surface area contributed by atoms with Crippen molar-refractivity contribution < 1.29 is 18.7 Å². The minimum atomic E-state index is -0.443. The van der Waals surface area contributed by atoms with Gasteiger partial charge in [0.15, 0.2) is 6.61 Å². The molecule has 0 N–H and O–H groups in total. The van der Waals surface area contributed by atoms with Gasteiger partial charge in [-0.15, -0.1) is 0 Å². The van der Waals surface area contributed by atoms with Crippen LogP contribution in [0.3, 0.4) is 0 Å². The van der Waals surface area contributed by atoms with Gasteiger partial charge in [0.2, 0.25) is 0 Å². The summed E-state index contributed by atoms with van der Waals surface area (Å²) in [5.74, 6) is -0.720. The molecule has 0 saturated heterocycles. The van der Waals surface area contributed by atoms with Gasteiger partial charge in [0.25, 0.3) is 0 Å². The first-order valence-electron chi connectivity index (χ1n) is 4.85. The van der Waals surface area contributed by atoms with Crippen LogP contribution < -0.4 is 0 Å². The average Bonchev–Trinajstić information content (AvgIpc) is 2.29. The number of hydrogen-bond donors (Lipinski definition) is 0. The first-order chi connectivity index (χ1) is 7.72. The highest BCUT2D eigenvalue weighted by atomic mass is 19.1. The van der Waals surface area contributed by atoms with E-state index in [4.69, 9.17) is 4.74 Å². The Morgan fingerprint density at radius 1 is 1.38 bits per heavy atom. The van der Waals surface area contributed by atoms with E-state index in [1.54, 1.807) is 12.1 Å². The average molecular weight is 224 g/mol. The van der Waals surface area contributed by atoms with Gasteiger partial charge >= 0.3 is 5.97 Å². The van der Waals surface area contributed by atoms with Gasteiger partial charge in [0.1, 0.15) is 5.82 Å². The Morgan fingerprint density at radius 2 is 2.06 bits per heavy atom. The van der Waals surface area contributed by atoms with Crippen molar-refractivity contribution in [3.8, 4) is 0 Å². The van der Waals surface area contributed by atoms with E-state index in [1.165, 1.54) is 18.4 Å². The Kier molecular flexibility index (Phi) is 5.05. The number of carbonyl (C=O) groups is 1. The molecule has 86 valence electrons. The van der Waals surface area contributed by atoms with E-state index in [2.05, 4.69) is 11.3 Å². The third-order valence-electron chi connectivity index (χ3n) is 1.89. The molecule has 0 radical (unpaired) electrons. The molecule has 1 rings (SSSR count). The van der Waals surface area contributed by atoms with Crippen LogP contribution in [0.5, 0.6) is 0 Å². The third-order valence-corrected chi connectivity index (χ3v) is 1.89. The summed E-state index contributed by atoms with van der Waals surface area (Å²) >= 11 is 0. The molecule has 0 heterocycles. The summed E-state index contributed by atoms with van der Waals surface area (Å²) in [6.45, 7) is 3.43. The fourth-order valence-electron chi connectivity index (χ4n) is 1.10. The van der Waals surface area contributed by atoms with Crippen molar-refractivity contribution in [3.63, 3.8) is 0 Å². The maximum atomic E-state index is 12.6. The molecule has 1 aromatic carbocycles. The SMILES string of the molecule is C=COCC(=O)OCCc1ccc(F)cc1. The maximum absolute atomic E-state index is 12.6. The van der Waals surface area contributed by atoms with Crippen LogP contribution in [-0.4, -0.2) is 19.2 Å². The molecule has 0 bridgehead atoms. The van der Waals surface area contributed by atoms with Gasteiger partial charge in [0, 0.05) is 6.42 Å². The standard InChI is InChI=1S/C12H13FO3/c1-2-15-9-12(14)16-8-7-10-3-5-11(13)6-4-10/h2-6H,1,7-9H2. The van der Waals surface area contributed by atoms with Crippen LogP contribution in [0.2, 0.25) is 0 Å². The van der Waals surface area contributed by atoms with Crippen LogP contribution in [0.25, 0.3) is 0 Å². The van der Waals surface area contributed by atoms with E-state index in [-0.39, 0.29) is 19.0 Å². The topological polar surface area (TPSA) is 35.5 Å². The van der Waals surface area contributed by atoms with Crippen LogP contribution in [0.4, 0.5) is 4.39 Å². The molecular formula is C12H13FO3. The second-order valence-electron chi connectivity index (χ2n) is 3.07. The van der Waals surface area contributed by atoms with Gasteiger partial charge in [-0.2, -0.15) is 0 Å². The lowest BCUT2D eigenvalue weighted by Gasteiger charge is -2.04. The van der Waals surface area contributed by atoms with Gasteiger partial charge in [0.05, 0.1) is 12.9 Å². The Bertz CT molecular complexity index is 346. The lowest BCUT2D eigenvalue weighted by Crippen LogP contribution is -2.12. The number of hydrogen-bond acceptors (Lipinski definition) is 3. The fourth-order valence-corrected chi connectivity index (χ4v) is 1.10. The number of benzene rings is 1. The van der Waals surface area contributed by atoms with Crippen LogP contribution in [0.1, 0.15) is 5.56 Å². The molecule has 0 aliphatic heterocycles.